The molecule has 2 unspecified atom stereocenters. The van der Waals surface area contributed by atoms with Gasteiger partial charge in [0.05, 0.1) is 29.3 Å². The number of halogens is 1. The van der Waals surface area contributed by atoms with Crippen molar-refractivity contribution in [2.45, 2.75) is 25.9 Å². The van der Waals surface area contributed by atoms with Gasteiger partial charge in [-0.1, -0.05) is 30.4 Å². The molecule has 1 aliphatic heterocycles. The number of ether oxygens (including phenoxy) is 1. The molecule has 1 aromatic rings. The number of rotatable bonds is 3. The van der Waals surface area contributed by atoms with Gasteiger partial charge in [-0.25, -0.2) is 0 Å². The van der Waals surface area contributed by atoms with Gasteiger partial charge in [0, 0.05) is 12.2 Å². The van der Waals surface area contributed by atoms with Gasteiger partial charge in [-0.2, -0.15) is 0 Å². The predicted octanol–water partition coefficient (Wildman–Crippen LogP) is 2.40. The van der Waals surface area contributed by atoms with E-state index >= 15 is 0 Å². The van der Waals surface area contributed by atoms with Crippen LogP contribution in [0.3, 0.4) is 0 Å². The topological polar surface area (TPSA) is 64.3 Å². The third kappa shape index (κ3) is 3.98. The molecule has 1 saturated heterocycles. The van der Waals surface area contributed by atoms with E-state index in [9.17, 15) is 4.79 Å². The molecular formula is C16H19ClN2O2. The zero-order chi connectivity index (χ0) is 15.2. The lowest BCUT2D eigenvalue weighted by Crippen LogP contribution is -2.29. The van der Waals surface area contributed by atoms with E-state index < -0.39 is 0 Å². The van der Waals surface area contributed by atoms with Crippen LogP contribution >= 0.6 is 11.6 Å². The van der Waals surface area contributed by atoms with E-state index in [1.54, 1.807) is 18.2 Å². The van der Waals surface area contributed by atoms with Crippen LogP contribution in [0.1, 0.15) is 25.3 Å². The molecule has 1 fully saturated rings. The van der Waals surface area contributed by atoms with Crippen LogP contribution in [0.15, 0.2) is 18.2 Å². The fourth-order valence-corrected chi connectivity index (χ4v) is 2.59. The van der Waals surface area contributed by atoms with Crippen molar-refractivity contribution in [1.29, 1.82) is 0 Å². The van der Waals surface area contributed by atoms with E-state index in [2.05, 4.69) is 17.2 Å². The summed E-state index contributed by atoms with van der Waals surface area (Å²) in [7, 11) is 0. The minimum Gasteiger partial charge on any atom is -0.377 e. The lowest BCUT2D eigenvalue weighted by atomic mass is 9.98. The van der Waals surface area contributed by atoms with Gasteiger partial charge in [-0.05, 0) is 31.0 Å². The maximum Gasteiger partial charge on any atom is 0.230 e. The second kappa shape index (κ2) is 7.46. The van der Waals surface area contributed by atoms with Crippen molar-refractivity contribution in [3.8, 4) is 11.8 Å². The Kier molecular flexibility index (Phi) is 5.63. The molecule has 1 amide bonds. The quantitative estimate of drug-likeness (QED) is 0.843. The molecule has 0 spiro atoms. The molecule has 112 valence electrons. The van der Waals surface area contributed by atoms with Crippen LogP contribution in [0.2, 0.25) is 5.02 Å². The van der Waals surface area contributed by atoms with Gasteiger partial charge in [0.15, 0.2) is 0 Å². The molecule has 3 N–H and O–H groups in total. The molecule has 1 aromatic carbocycles. The Balaban J connectivity index is 2.13. The standard InChI is InChI=1S/C16H19ClN2O2/c1-2-15-12(7-9-21-15)16(20)19-14-10-11(4-3-8-18)5-6-13(14)17/h5-6,10,12,15H,2,7-9,18H2,1H3,(H,19,20). The van der Waals surface area contributed by atoms with Crippen molar-refractivity contribution in [1.82, 2.24) is 0 Å². The monoisotopic (exact) mass is 306 g/mol. The van der Waals surface area contributed by atoms with Gasteiger partial charge < -0.3 is 15.8 Å². The molecule has 0 aliphatic carbocycles. The van der Waals surface area contributed by atoms with Crippen molar-refractivity contribution in [3.63, 3.8) is 0 Å². The number of carbonyl (C=O) groups is 1. The van der Waals surface area contributed by atoms with E-state index in [1.165, 1.54) is 0 Å². The van der Waals surface area contributed by atoms with E-state index in [1.807, 2.05) is 6.92 Å². The summed E-state index contributed by atoms with van der Waals surface area (Å²) in [4.78, 5) is 12.4. The van der Waals surface area contributed by atoms with Gasteiger partial charge in [0.25, 0.3) is 0 Å². The van der Waals surface area contributed by atoms with Crippen LogP contribution in [0.25, 0.3) is 0 Å². The second-order valence-electron chi connectivity index (χ2n) is 4.90. The summed E-state index contributed by atoms with van der Waals surface area (Å²) in [5.74, 6) is 5.53. The molecule has 4 nitrogen and oxygen atoms in total. The number of nitrogens with two attached hydrogens (primary N) is 1. The Morgan fingerprint density at radius 1 is 1.57 bits per heavy atom. The van der Waals surface area contributed by atoms with Crippen LogP contribution in [0.4, 0.5) is 5.69 Å². The largest absolute Gasteiger partial charge is 0.377 e. The first-order valence-corrected chi connectivity index (χ1v) is 7.44. The summed E-state index contributed by atoms with van der Waals surface area (Å²) < 4.78 is 5.55. The summed E-state index contributed by atoms with van der Waals surface area (Å²) >= 11 is 6.13. The third-order valence-corrected chi connectivity index (χ3v) is 3.84. The third-order valence-electron chi connectivity index (χ3n) is 3.51. The first kappa shape index (κ1) is 15.8. The maximum atomic E-state index is 12.4. The normalized spacial score (nSPS) is 20.7. The average Bonchev–Trinajstić information content (AvgIpc) is 2.96. The predicted molar refractivity (Wildman–Crippen MR) is 84.2 cm³/mol. The SMILES string of the molecule is CCC1OCCC1C(=O)Nc1cc(C#CCN)ccc1Cl. The number of nitrogens with one attached hydrogen (secondary N) is 1. The fraction of sp³-hybridized carbons (Fsp3) is 0.438. The maximum absolute atomic E-state index is 12.4. The van der Waals surface area contributed by atoms with Crippen molar-refractivity contribution >= 4 is 23.2 Å². The highest BCUT2D eigenvalue weighted by atomic mass is 35.5. The lowest BCUT2D eigenvalue weighted by molar-refractivity contribution is -0.121. The first-order valence-electron chi connectivity index (χ1n) is 7.06. The van der Waals surface area contributed by atoms with E-state index in [0.29, 0.717) is 23.9 Å². The molecule has 0 radical (unpaired) electrons. The highest BCUT2D eigenvalue weighted by Gasteiger charge is 2.32. The van der Waals surface area contributed by atoms with Crippen LogP contribution in [0, 0.1) is 17.8 Å². The number of anilines is 1. The molecular weight excluding hydrogens is 288 g/mol. The Labute approximate surface area is 130 Å². The molecule has 1 heterocycles. The molecule has 21 heavy (non-hydrogen) atoms. The second-order valence-corrected chi connectivity index (χ2v) is 5.31. The van der Waals surface area contributed by atoms with Crippen LogP contribution < -0.4 is 11.1 Å². The zero-order valence-corrected chi connectivity index (χ0v) is 12.7. The Hall–Kier alpha value is -1.54. The van der Waals surface area contributed by atoms with Crippen molar-refractivity contribution in [2.75, 3.05) is 18.5 Å². The highest BCUT2D eigenvalue weighted by Crippen LogP contribution is 2.27. The van der Waals surface area contributed by atoms with Crippen LogP contribution in [-0.2, 0) is 9.53 Å². The number of hydrogen-bond donors (Lipinski definition) is 2. The van der Waals surface area contributed by atoms with Gasteiger partial charge in [0.2, 0.25) is 5.91 Å². The summed E-state index contributed by atoms with van der Waals surface area (Å²) in [5, 5.41) is 3.38. The lowest BCUT2D eigenvalue weighted by Gasteiger charge is -2.17. The summed E-state index contributed by atoms with van der Waals surface area (Å²) in [6, 6.07) is 5.29. The van der Waals surface area contributed by atoms with Crippen LogP contribution in [-0.4, -0.2) is 25.2 Å². The number of hydrogen-bond acceptors (Lipinski definition) is 3. The molecule has 0 aromatic heterocycles. The fourth-order valence-electron chi connectivity index (χ4n) is 2.43. The van der Waals surface area contributed by atoms with Crippen molar-refractivity contribution in [3.05, 3.63) is 28.8 Å². The first-order chi connectivity index (χ1) is 10.2. The Morgan fingerprint density at radius 2 is 2.38 bits per heavy atom. The molecule has 2 rings (SSSR count). The highest BCUT2D eigenvalue weighted by molar-refractivity contribution is 6.33. The number of carbonyl (C=O) groups excluding carboxylic acids is 1. The average molecular weight is 307 g/mol. The molecule has 5 heteroatoms. The smallest absolute Gasteiger partial charge is 0.230 e. The molecule has 2 atom stereocenters. The van der Waals surface area contributed by atoms with Gasteiger partial charge >= 0.3 is 0 Å². The van der Waals surface area contributed by atoms with E-state index in [-0.39, 0.29) is 17.9 Å². The van der Waals surface area contributed by atoms with Gasteiger partial charge in [0.1, 0.15) is 0 Å². The van der Waals surface area contributed by atoms with E-state index in [0.717, 1.165) is 18.4 Å². The van der Waals surface area contributed by atoms with Crippen LogP contribution in [0.5, 0.6) is 0 Å². The summed E-state index contributed by atoms with van der Waals surface area (Å²) in [6.45, 7) is 2.94. The molecule has 0 bridgehead atoms. The van der Waals surface area contributed by atoms with Gasteiger partial charge in [-0.3, -0.25) is 4.79 Å². The minimum absolute atomic E-state index is 0.0102. The molecule has 1 aliphatic rings. The zero-order valence-electron chi connectivity index (χ0n) is 12.0. The van der Waals surface area contributed by atoms with Crippen molar-refractivity contribution in [2.24, 2.45) is 11.7 Å². The van der Waals surface area contributed by atoms with E-state index in [4.69, 9.17) is 22.1 Å². The van der Waals surface area contributed by atoms with Crippen molar-refractivity contribution < 1.29 is 9.53 Å². The summed E-state index contributed by atoms with van der Waals surface area (Å²) in [5.41, 5.74) is 6.70. The Bertz CT molecular complexity index is 577. The summed E-state index contributed by atoms with van der Waals surface area (Å²) in [6.07, 6.45) is 1.56. The Morgan fingerprint density at radius 3 is 3.10 bits per heavy atom. The molecule has 0 saturated carbocycles. The number of benzene rings is 1. The number of amides is 1. The minimum atomic E-state index is -0.121. The van der Waals surface area contributed by atoms with Gasteiger partial charge in [-0.15, -0.1) is 0 Å².